The SMILES string of the molecule is N#Cc1cc(NC(=O)C(c2ccccc2)N2CCCCC2=O)ccc1F. The summed E-state index contributed by atoms with van der Waals surface area (Å²) in [7, 11) is 0. The van der Waals surface area contributed by atoms with E-state index >= 15 is 0 Å². The Morgan fingerprint density at radius 2 is 1.96 bits per heavy atom. The van der Waals surface area contributed by atoms with Gasteiger partial charge in [-0.3, -0.25) is 9.59 Å². The largest absolute Gasteiger partial charge is 0.327 e. The van der Waals surface area contributed by atoms with Crippen LogP contribution in [0.15, 0.2) is 48.5 Å². The van der Waals surface area contributed by atoms with Crippen LogP contribution in [0.5, 0.6) is 0 Å². The number of anilines is 1. The van der Waals surface area contributed by atoms with Gasteiger partial charge >= 0.3 is 0 Å². The fraction of sp³-hybridized carbons (Fsp3) is 0.250. The number of carbonyl (C=O) groups excluding carboxylic acids is 2. The third-order valence-electron chi connectivity index (χ3n) is 4.39. The number of carbonyl (C=O) groups is 2. The van der Waals surface area contributed by atoms with Gasteiger partial charge in [-0.1, -0.05) is 30.3 Å². The molecular weight excluding hydrogens is 333 g/mol. The van der Waals surface area contributed by atoms with Crippen LogP contribution in [0.4, 0.5) is 10.1 Å². The summed E-state index contributed by atoms with van der Waals surface area (Å²) in [5.74, 6) is -1.09. The van der Waals surface area contributed by atoms with Crippen molar-refractivity contribution in [1.82, 2.24) is 4.90 Å². The van der Waals surface area contributed by atoms with Crippen molar-refractivity contribution in [3.63, 3.8) is 0 Å². The molecule has 1 unspecified atom stereocenters. The Morgan fingerprint density at radius 3 is 2.65 bits per heavy atom. The summed E-state index contributed by atoms with van der Waals surface area (Å²) in [6.45, 7) is 0.513. The van der Waals surface area contributed by atoms with Crippen molar-refractivity contribution in [3.05, 3.63) is 65.5 Å². The lowest BCUT2D eigenvalue weighted by atomic mass is 10.0. The molecule has 0 saturated carbocycles. The minimum absolute atomic E-state index is 0.0583. The van der Waals surface area contributed by atoms with E-state index in [1.165, 1.54) is 12.1 Å². The Morgan fingerprint density at radius 1 is 1.19 bits per heavy atom. The smallest absolute Gasteiger partial charge is 0.251 e. The van der Waals surface area contributed by atoms with E-state index in [2.05, 4.69) is 5.32 Å². The van der Waals surface area contributed by atoms with Crippen molar-refractivity contribution in [2.75, 3.05) is 11.9 Å². The minimum Gasteiger partial charge on any atom is -0.327 e. The van der Waals surface area contributed by atoms with Gasteiger partial charge in [-0.2, -0.15) is 5.26 Å². The van der Waals surface area contributed by atoms with Gasteiger partial charge in [0.15, 0.2) is 0 Å². The first kappa shape index (κ1) is 17.6. The van der Waals surface area contributed by atoms with Gasteiger partial charge in [0.05, 0.1) is 5.56 Å². The second-order valence-electron chi connectivity index (χ2n) is 6.15. The van der Waals surface area contributed by atoms with Crippen molar-refractivity contribution in [3.8, 4) is 6.07 Å². The van der Waals surface area contributed by atoms with Crippen LogP contribution in [0, 0.1) is 17.1 Å². The molecule has 1 atom stereocenters. The first-order chi connectivity index (χ1) is 12.6. The number of amides is 2. The highest BCUT2D eigenvalue weighted by Gasteiger charge is 2.32. The Balaban J connectivity index is 1.90. The number of nitrogens with zero attached hydrogens (tertiary/aromatic N) is 2. The van der Waals surface area contributed by atoms with Crippen LogP contribution >= 0.6 is 0 Å². The standard InChI is InChI=1S/C20H18FN3O2/c21-17-10-9-16(12-15(17)13-22)23-20(26)19(14-6-2-1-3-7-14)24-11-5-4-8-18(24)25/h1-3,6-7,9-10,12,19H,4-5,8,11H2,(H,23,26). The van der Waals surface area contributed by atoms with E-state index in [-0.39, 0.29) is 17.4 Å². The van der Waals surface area contributed by atoms with Crippen LogP contribution in [-0.4, -0.2) is 23.3 Å². The van der Waals surface area contributed by atoms with Gasteiger partial charge in [-0.05, 0) is 36.6 Å². The zero-order valence-electron chi connectivity index (χ0n) is 14.1. The van der Waals surface area contributed by atoms with Gasteiger partial charge in [0.2, 0.25) is 5.91 Å². The molecule has 132 valence electrons. The number of rotatable bonds is 4. The maximum absolute atomic E-state index is 13.5. The summed E-state index contributed by atoms with van der Waals surface area (Å²) in [5.41, 5.74) is 0.884. The van der Waals surface area contributed by atoms with Crippen molar-refractivity contribution in [2.45, 2.75) is 25.3 Å². The van der Waals surface area contributed by atoms with Gasteiger partial charge in [-0.15, -0.1) is 0 Å². The first-order valence-corrected chi connectivity index (χ1v) is 8.45. The van der Waals surface area contributed by atoms with Crippen molar-refractivity contribution in [2.24, 2.45) is 0 Å². The molecule has 0 spiro atoms. The third kappa shape index (κ3) is 3.72. The topological polar surface area (TPSA) is 73.2 Å². The van der Waals surface area contributed by atoms with Crippen molar-refractivity contribution >= 4 is 17.5 Å². The van der Waals surface area contributed by atoms with Crippen LogP contribution in [0.2, 0.25) is 0 Å². The normalized spacial score (nSPS) is 15.2. The van der Waals surface area contributed by atoms with E-state index in [1.807, 2.05) is 18.2 Å². The van der Waals surface area contributed by atoms with Gasteiger partial charge in [0.1, 0.15) is 17.9 Å². The molecule has 1 heterocycles. The highest BCUT2D eigenvalue weighted by Crippen LogP contribution is 2.27. The molecule has 0 aliphatic carbocycles. The Kier molecular flexibility index (Phi) is 5.28. The molecule has 1 saturated heterocycles. The maximum Gasteiger partial charge on any atom is 0.251 e. The number of halogens is 1. The molecule has 2 amide bonds. The Hall–Kier alpha value is -3.20. The lowest BCUT2D eigenvalue weighted by molar-refractivity contribution is -0.141. The van der Waals surface area contributed by atoms with E-state index in [0.717, 1.165) is 18.9 Å². The zero-order valence-corrected chi connectivity index (χ0v) is 14.1. The van der Waals surface area contributed by atoms with Crippen LogP contribution in [0.1, 0.15) is 36.4 Å². The summed E-state index contributed by atoms with van der Waals surface area (Å²) in [6, 6.07) is 13.9. The summed E-state index contributed by atoms with van der Waals surface area (Å²) in [4.78, 5) is 26.9. The lowest BCUT2D eigenvalue weighted by Gasteiger charge is -2.34. The number of hydrogen-bond donors (Lipinski definition) is 1. The molecule has 3 rings (SSSR count). The molecule has 5 nitrogen and oxygen atoms in total. The van der Waals surface area contributed by atoms with E-state index in [0.29, 0.717) is 24.2 Å². The lowest BCUT2D eigenvalue weighted by Crippen LogP contribution is -2.43. The second-order valence-corrected chi connectivity index (χ2v) is 6.15. The average molecular weight is 351 g/mol. The van der Waals surface area contributed by atoms with Gasteiger partial charge in [-0.25, -0.2) is 4.39 Å². The summed E-state index contributed by atoms with van der Waals surface area (Å²) in [5, 5.41) is 11.7. The third-order valence-corrected chi connectivity index (χ3v) is 4.39. The maximum atomic E-state index is 13.5. The summed E-state index contributed by atoms with van der Waals surface area (Å²) < 4.78 is 13.5. The average Bonchev–Trinajstić information content (AvgIpc) is 2.66. The van der Waals surface area contributed by atoms with E-state index in [4.69, 9.17) is 5.26 Å². The second kappa shape index (κ2) is 7.79. The zero-order chi connectivity index (χ0) is 18.5. The molecule has 1 N–H and O–H groups in total. The molecule has 0 bridgehead atoms. The monoisotopic (exact) mass is 351 g/mol. The highest BCUT2D eigenvalue weighted by atomic mass is 19.1. The summed E-state index contributed by atoms with van der Waals surface area (Å²) >= 11 is 0. The van der Waals surface area contributed by atoms with Gasteiger partial charge < -0.3 is 10.2 Å². The first-order valence-electron chi connectivity index (χ1n) is 8.45. The van der Waals surface area contributed by atoms with E-state index in [9.17, 15) is 14.0 Å². The molecular formula is C20H18FN3O2. The number of piperidine rings is 1. The molecule has 2 aromatic rings. The number of nitrogens with one attached hydrogen (secondary N) is 1. The minimum atomic E-state index is -0.764. The van der Waals surface area contributed by atoms with Gasteiger partial charge in [0, 0.05) is 18.7 Å². The summed E-state index contributed by atoms with van der Waals surface area (Å²) in [6.07, 6.45) is 2.09. The fourth-order valence-corrected chi connectivity index (χ4v) is 3.11. The van der Waals surface area contributed by atoms with Crippen LogP contribution < -0.4 is 5.32 Å². The van der Waals surface area contributed by atoms with Crippen molar-refractivity contribution < 1.29 is 14.0 Å². The molecule has 0 radical (unpaired) electrons. The molecule has 1 aliphatic rings. The highest BCUT2D eigenvalue weighted by molar-refractivity contribution is 5.98. The Bertz CT molecular complexity index is 861. The van der Waals surface area contributed by atoms with Gasteiger partial charge in [0.25, 0.3) is 5.91 Å². The molecule has 2 aromatic carbocycles. The number of likely N-dealkylation sites (tertiary alicyclic amines) is 1. The predicted molar refractivity (Wildman–Crippen MR) is 94.5 cm³/mol. The predicted octanol–water partition coefficient (Wildman–Crippen LogP) is 3.39. The molecule has 0 aromatic heterocycles. The number of nitriles is 1. The van der Waals surface area contributed by atoms with Crippen LogP contribution in [0.3, 0.4) is 0 Å². The number of hydrogen-bond acceptors (Lipinski definition) is 3. The Labute approximate surface area is 151 Å². The van der Waals surface area contributed by atoms with Crippen molar-refractivity contribution in [1.29, 1.82) is 5.26 Å². The fourth-order valence-electron chi connectivity index (χ4n) is 3.11. The number of benzene rings is 2. The quantitative estimate of drug-likeness (QED) is 0.918. The molecule has 6 heteroatoms. The molecule has 1 fully saturated rings. The molecule has 26 heavy (non-hydrogen) atoms. The van der Waals surface area contributed by atoms with E-state index < -0.39 is 11.9 Å². The van der Waals surface area contributed by atoms with E-state index in [1.54, 1.807) is 23.1 Å². The van der Waals surface area contributed by atoms with Crippen LogP contribution in [0.25, 0.3) is 0 Å². The van der Waals surface area contributed by atoms with Crippen LogP contribution in [-0.2, 0) is 9.59 Å². The molecule has 1 aliphatic heterocycles.